The molecule has 2 aromatic rings. The van der Waals surface area contributed by atoms with Gasteiger partial charge in [-0.25, -0.2) is 0 Å². The maximum absolute atomic E-state index is 6.09. The van der Waals surface area contributed by atoms with Crippen LogP contribution in [0.3, 0.4) is 0 Å². The van der Waals surface area contributed by atoms with Gasteiger partial charge in [0.25, 0.3) is 0 Å². The summed E-state index contributed by atoms with van der Waals surface area (Å²) in [5.74, 6) is 0. The monoisotopic (exact) mass is 1110 g/mol. The van der Waals surface area contributed by atoms with Gasteiger partial charge >= 0.3 is 0 Å². The van der Waals surface area contributed by atoms with Gasteiger partial charge in [0, 0.05) is 58.3 Å². The molecule has 192 valence electrons. The normalized spacial score (nSPS) is 14.3. The van der Waals surface area contributed by atoms with Gasteiger partial charge in [-0.2, -0.15) is 0 Å². The molecule has 0 bridgehead atoms. The van der Waals surface area contributed by atoms with E-state index in [1.54, 1.807) is 0 Å². The van der Waals surface area contributed by atoms with E-state index in [1.807, 2.05) is 0 Å². The molecule has 2 rings (SSSR count). The summed E-state index contributed by atoms with van der Waals surface area (Å²) < 4.78 is 12.2. The lowest BCUT2D eigenvalue weighted by Crippen LogP contribution is -2.04. The van der Waals surface area contributed by atoms with Crippen molar-refractivity contribution in [1.82, 2.24) is 0 Å². The summed E-state index contributed by atoms with van der Waals surface area (Å²) in [5, 5.41) is 1.72. The van der Waals surface area contributed by atoms with Crippen LogP contribution in [0.2, 0.25) is 0 Å². The number of rotatable bonds is 12. The Morgan fingerprint density at radius 2 is 0.943 bits per heavy atom. The number of ether oxygens (including phenoxy) is 1. The predicted octanol–water partition coefficient (Wildman–Crippen LogP) is 12.8. The summed E-state index contributed by atoms with van der Waals surface area (Å²) >= 11 is 36.7. The standard InChI is InChI=1S/C24H20Br10O/c25-11-17(29)5-13(23-19(31)7-15(27)8-20(23)32)1-3-35-4-2-14(6-18(30)12-26)24-21(33)9-16(28)10-22(24)34/h1-2,7-10,17-18H,3-6,11-12H2. The predicted molar refractivity (Wildman–Crippen MR) is 188 cm³/mol. The van der Waals surface area contributed by atoms with E-state index in [9.17, 15) is 0 Å². The smallest absolute Gasteiger partial charge is 0.0657 e. The number of hydrogen-bond donors (Lipinski definition) is 0. The molecular formula is C24H20Br10O. The van der Waals surface area contributed by atoms with Crippen LogP contribution in [0, 0.1) is 0 Å². The Labute approximate surface area is 291 Å². The Bertz CT molecular complexity index is 937. The van der Waals surface area contributed by atoms with E-state index in [0.717, 1.165) is 61.5 Å². The van der Waals surface area contributed by atoms with Crippen molar-refractivity contribution in [1.29, 1.82) is 0 Å². The van der Waals surface area contributed by atoms with E-state index in [1.165, 1.54) is 11.1 Å². The molecule has 0 N–H and O–H groups in total. The van der Waals surface area contributed by atoms with E-state index in [2.05, 4.69) is 196 Å². The van der Waals surface area contributed by atoms with Gasteiger partial charge in [-0.1, -0.05) is 171 Å². The van der Waals surface area contributed by atoms with Crippen molar-refractivity contribution in [2.24, 2.45) is 0 Å². The maximum Gasteiger partial charge on any atom is 0.0657 e. The SMILES string of the molecule is BrCC(Br)CC(=CCOCC=C(CC(Br)CBr)c1c(Br)cc(Br)cc1Br)c1c(Br)cc(Br)cc1Br. The summed E-state index contributed by atoms with van der Waals surface area (Å²) in [6.07, 6.45) is 6.06. The van der Waals surface area contributed by atoms with Crippen molar-refractivity contribution in [2.75, 3.05) is 23.9 Å². The maximum atomic E-state index is 6.09. The average molecular weight is 1120 g/mol. The molecule has 0 aliphatic heterocycles. The van der Waals surface area contributed by atoms with Crippen LogP contribution in [0.25, 0.3) is 11.1 Å². The van der Waals surface area contributed by atoms with Crippen LogP contribution in [-0.2, 0) is 4.74 Å². The molecule has 1 nitrogen and oxygen atoms in total. The van der Waals surface area contributed by atoms with Crippen molar-refractivity contribution in [2.45, 2.75) is 22.5 Å². The second kappa shape index (κ2) is 17.5. The molecule has 11 heteroatoms. The Morgan fingerprint density at radius 3 is 1.23 bits per heavy atom. The molecule has 0 amide bonds. The fourth-order valence-electron chi connectivity index (χ4n) is 3.25. The minimum atomic E-state index is 0.315. The first-order valence-electron chi connectivity index (χ1n) is 10.2. The van der Waals surface area contributed by atoms with Crippen LogP contribution in [0.15, 0.2) is 63.3 Å². The molecule has 2 atom stereocenters. The molecule has 0 saturated heterocycles. The Morgan fingerprint density at radius 1 is 0.629 bits per heavy atom. The third-order valence-corrected chi connectivity index (χ3v) is 12.8. The first-order chi connectivity index (χ1) is 16.6. The Kier molecular flexibility index (Phi) is 16.9. The second-order valence-electron chi connectivity index (χ2n) is 7.40. The third kappa shape index (κ3) is 11.2. The number of halogens is 10. The third-order valence-electron chi connectivity index (χ3n) is 4.77. The zero-order valence-corrected chi connectivity index (χ0v) is 33.9. The zero-order chi connectivity index (χ0) is 26.1. The molecule has 0 heterocycles. The average Bonchev–Trinajstić information content (AvgIpc) is 2.76. The fourth-order valence-corrected chi connectivity index (χ4v) is 9.94. The van der Waals surface area contributed by atoms with Crippen LogP contribution in [-0.4, -0.2) is 33.5 Å². The van der Waals surface area contributed by atoms with Gasteiger partial charge in [0.1, 0.15) is 0 Å². The summed E-state index contributed by atoms with van der Waals surface area (Å²) in [4.78, 5) is 0.629. The lowest BCUT2D eigenvalue weighted by Gasteiger charge is -2.16. The van der Waals surface area contributed by atoms with E-state index in [4.69, 9.17) is 4.74 Å². The van der Waals surface area contributed by atoms with Crippen LogP contribution in [0.1, 0.15) is 24.0 Å². The van der Waals surface area contributed by atoms with Crippen molar-refractivity contribution in [3.05, 3.63) is 74.4 Å². The number of alkyl halides is 4. The van der Waals surface area contributed by atoms with Gasteiger partial charge in [-0.3, -0.25) is 0 Å². The van der Waals surface area contributed by atoms with Crippen molar-refractivity contribution < 1.29 is 4.74 Å². The molecule has 0 aromatic heterocycles. The molecule has 0 saturated carbocycles. The molecule has 0 fully saturated rings. The molecular weight excluding hydrogens is 1100 g/mol. The van der Waals surface area contributed by atoms with Gasteiger partial charge in [-0.15, -0.1) is 0 Å². The van der Waals surface area contributed by atoms with Gasteiger partial charge in [0.05, 0.1) is 13.2 Å². The van der Waals surface area contributed by atoms with Crippen molar-refractivity contribution in [3.8, 4) is 0 Å². The molecule has 35 heavy (non-hydrogen) atoms. The summed E-state index contributed by atoms with van der Waals surface area (Å²) in [6, 6.07) is 8.26. The Hall–Kier alpha value is 2.68. The van der Waals surface area contributed by atoms with Crippen LogP contribution >= 0.6 is 159 Å². The lowest BCUT2D eigenvalue weighted by atomic mass is 10.0. The number of hydrogen-bond acceptors (Lipinski definition) is 1. The second-order valence-corrected chi connectivity index (χ2v) is 16.5. The lowest BCUT2D eigenvalue weighted by molar-refractivity contribution is 0.194. The highest BCUT2D eigenvalue weighted by Gasteiger charge is 2.17. The number of benzene rings is 2. The van der Waals surface area contributed by atoms with Crippen LogP contribution in [0.5, 0.6) is 0 Å². The number of allylic oxidation sites excluding steroid dienone is 2. The molecule has 2 unspecified atom stereocenters. The molecule has 0 aliphatic carbocycles. The minimum absolute atomic E-state index is 0.315. The Balaban J connectivity index is 2.26. The van der Waals surface area contributed by atoms with Crippen molar-refractivity contribution in [3.63, 3.8) is 0 Å². The van der Waals surface area contributed by atoms with Crippen molar-refractivity contribution >= 4 is 170 Å². The zero-order valence-electron chi connectivity index (χ0n) is 18.0. The molecule has 0 aliphatic rings. The quantitative estimate of drug-likeness (QED) is 0.152. The van der Waals surface area contributed by atoms with Crippen LogP contribution < -0.4 is 0 Å². The van der Waals surface area contributed by atoms with Gasteiger partial charge in [0.15, 0.2) is 0 Å². The topological polar surface area (TPSA) is 9.23 Å². The summed E-state index contributed by atoms with van der Waals surface area (Å²) in [5.41, 5.74) is 4.70. The highest BCUT2D eigenvalue weighted by atomic mass is 79.9. The minimum Gasteiger partial charge on any atom is -0.373 e. The van der Waals surface area contributed by atoms with Gasteiger partial charge in [0.2, 0.25) is 0 Å². The van der Waals surface area contributed by atoms with E-state index < -0.39 is 0 Å². The van der Waals surface area contributed by atoms with E-state index >= 15 is 0 Å². The van der Waals surface area contributed by atoms with E-state index in [0.29, 0.717) is 22.9 Å². The highest BCUT2D eigenvalue weighted by molar-refractivity contribution is 9.13. The highest BCUT2D eigenvalue weighted by Crippen LogP contribution is 2.39. The van der Waals surface area contributed by atoms with Gasteiger partial charge in [-0.05, 0) is 48.3 Å². The fraction of sp³-hybridized carbons (Fsp3) is 0.333. The van der Waals surface area contributed by atoms with E-state index in [-0.39, 0.29) is 0 Å². The first kappa shape index (κ1) is 33.9. The molecule has 2 aromatic carbocycles. The summed E-state index contributed by atoms with van der Waals surface area (Å²) in [7, 11) is 0. The molecule has 0 radical (unpaired) electrons. The van der Waals surface area contributed by atoms with Gasteiger partial charge < -0.3 is 4.74 Å². The van der Waals surface area contributed by atoms with Crippen LogP contribution in [0.4, 0.5) is 0 Å². The largest absolute Gasteiger partial charge is 0.373 e. The first-order valence-corrected chi connectivity index (χ1v) is 19.1. The summed E-state index contributed by atoms with van der Waals surface area (Å²) in [6.45, 7) is 1.02. The molecule has 0 spiro atoms.